The van der Waals surface area contributed by atoms with Gasteiger partial charge in [-0.15, -0.1) is 0 Å². The fourth-order valence-electron chi connectivity index (χ4n) is 2.43. The predicted octanol–water partition coefficient (Wildman–Crippen LogP) is 2.39. The van der Waals surface area contributed by atoms with E-state index in [1.54, 1.807) is 42.0 Å². The second kappa shape index (κ2) is 6.66. The Morgan fingerprint density at radius 1 is 1.33 bits per heavy atom. The van der Waals surface area contributed by atoms with E-state index in [4.69, 9.17) is 0 Å². The van der Waals surface area contributed by atoms with Gasteiger partial charge in [0.05, 0.1) is 11.9 Å². The van der Waals surface area contributed by atoms with E-state index in [-0.39, 0.29) is 11.7 Å². The predicted molar refractivity (Wildman–Crippen MR) is 90.3 cm³/mol. The van der Waals surface area contributed by atoms with Crippen molar-refractivity contribution in [3.63, 3.8) is 0 Å². The van der Waals surface area contributed by atoms with E-state index in [1.807, 2.05) is 6.92 Å². The maximum absolute atomic E-state index is 14.1. The zero-order chi connectivity index (χ0) is 17.1. The van der Waals surface area contributed by atoms with Gasteiger partial charge in [0.1, 0.15) is 11.6 Å². The first-order valence-corrected chi connectivity index (χ1v) is 7.65. The van der Waals surface area contributed by atoms with E-state index < -0.39 is 0 Å². The van der Waals surface area contributed by atoms with Crippen molar-refractivity contribution in [1.82, 2.24) is 19.9 Å². The minimum absolute atomic E-state index is 0.0567. The first-order chi connectivity index (χ1) is 11.6. The zero-order valence-electron chi connectivity index (χ0n) is 13.5. The fourth-order valence-corrected chi connectivity index (χ4v) is 2.43. The van der Waals surface area contributed by atoms with Crippen molar-refractivity contribution < 1.29 is 9.18 Å². The van der Waals surface area contributed by atoms with Gasteiger partial charge < -0.3 is 10.6 Å². The van der Waals surface area contributed by atoms with Gasteiger partial charge in [-0.1, -0.05) is 12.1 Å². The van der Waals surface area contributed by atoms with Crippen molar-refractivity contribution in [1.29, 1.82) is 0 Å². The van der Waals surface area contributed by atoms with Gasteiger partial charge >= 0.3 is 0 Å². The van der Waals surface area contributed by atoms with Crippen molar-refractivity contribution in [2.24, 2.45) is 0 Å². The molecular formula is C17H18FN5O. The van der Waals surface area contributed by atoms with Crippen molar-refractivity contribution >= 4 is 17.4 Å². The molecule has 0 atom stereocenters. The first-order valence-electron chi connectivity index (χ1n) is 7.65. The zero-order valence-corrected chi connectivity index (χ0v) is 13.5. The van der Waals surface area contributed by atoms with Gasteiger partial charge in [0.25, 0.3) is 0 Å². The Bertz CT molecular complexity index is 890. The largest absolute Gasteiger partial charge is 0.369 e. The summed E-state index contributed by atoms with van der Waals surface area (Å²) in [4.78, 5) is 15.9. The highest BCUT2D eigenvalue weighted by Gasteiger charge is 2.13. The topological polar surface area (TPSA) is 71.3 Å². The van der Waals surface area contributed by atoms with Crippen LogP contribution >= 0.6 is 0 Å². The number of hydrogen-bond donors (Lipinski definition) is 2. The third-order valence-electron chi connectivity index (χ3n) is 3.73. The Hall–Kier alpha value is -2.96. The van der Waals surface area contributed by atoms with Crippen LogP contribution in [0, 0.1) is 12.7 Å². The van der Waals surface area contributed by atoms with E-state index in [9.17, 15) is 9.18 Å². The molecule has 0 aliphatic heterocycles. The van der Waals surface area contributed by atoms with Crippen LogP contribution < -0.4 is 10.6 Å². The van der Waals surface area contributed by atoms with Crippen molar-refractivity contribution in [3.8, 4) is 11.3 Å². The quantitative estimate of drug-likeness (QED) is 0.755. The summed E-state index contributed by atoms with van der Waals surface area (Å²) < 4.78 is 15.8. The maximum atomic E-state index is 14.1. The molecule has 0 unspecified atom stereocenters. The Morgan fingerprint density at radius 3 is 2.88 bits per heavy atom. The molecule has 2 N–H and O–H groups in total. The summed E-state index contributed by atoms with van der Waals surface area (Å²) in [5, 5.41) is 10.0. The highest BCUT2D eigenvalue weighted by Crippen LogP contribution is 2.25. The summed E-state index contributed by atoms with van der Waals surface area (Å²) in [5.41, 5.74) is 2.49. The van der Waals surface area contributed by atoms with Crippen molar-refractivity contribution in [2.75, 3.05) is 18.9 Å². The molecule has 2 aromatic heterocycles. The highest BCUT2D eigenvalue weighted by atomic mass is 19.1. The molecule has 1 aromatic carbocycles. The normalized spacial score (nSPS) is 10.8. The molecule has 0 aliphatic rings. The number of aryl methyl sites for hydroxylation is 1. The Balaban J connectivity index is 2.01. The number of nitrogens with one attached hydrogen (secondary N) is 2. The lowest BCUT2D eigenvalue weighted by Crippen LogP contribution is -2.21. The minimum Gasteiger partial charge on any atom is -0.369 e. The molecule has 0 aliphatic carbocycles. The SMILES string of the molecule is CNC(=O)CCNc1cc(-c2ccccc2F)nc2c(C)cnn12. The molecule has 0 spiro atoms. The van der Waals surface area contributed by atoms with Gasteiger partial charge in [0, 0.05) is 37.2 Å². The molecule has 3 aromatic rings. The summed E-state index contributed by atoms with van der Waals surface area (Å²) in [5.74, 6) is 0.275. The van der Waals surface area contributed by atoms with Gasteiger partial charge in [-0.2, -0.15) is 9.61 Å². The fraction of sp³-hybridized carbons (Fsp3) is 0.235. The Morgan fingerprint density at radius 2 is 2.12 bits per heavy atom. The second-order valence-corrected chi connectivity index (χ2v) is 5.42. The highest BCUT2D eigenvalue weighted by molar-refractivity contribution is 5.76. The summed E-state index contributed by atoms with van der Waals surface area (Å²) in [6.07, 6.45) is 2.03. The number of rotatable bonds is 5. The third-order valence-corrected chi connectivity index (χ3v) is 3.73. The van der Waals surface area contributed by atoms with Gasteiger partial charge in [0.2, 0.25) is 5.91 Å². The van der Waals surface area contributed by atoms with Crippen LogP contribution in [0.2, 0.25) is 0 Å². The van der Waals surface area contributed by atoms with Gasteiger partial charge in [-0.3, -0.25) is 4.79 Å². The minimum atomic E-state index is -0.331. The molecule has 3 rings (SSSR count). The number of benzene rings is 1. The van der Waals surface area contributed by atoms with Crippen LogP contribution in [-0.4, -0.2) is 34.1 Å². The summed E-state index contributed by atoms with van der Waals surface area (Å²) in [6, 6.07) is 8.25. The molecule has 0 saturated heterocycles. The number of nitrogens with zero attached hydrogens (tertiary/aromatic N) is 3. The lowest BCUT2D eigenvalue weighted by atomic mass is 10.1. The number of aromatic nitrogens is 3. The van der Waals surface area contributed by atoms with Crippen LogP contribution in [0.1, 0.15) is 12.0 Å². The molecule has 1 amide bonds. The number of hydrogen-bond acceptors (Lipinski definition) is 4. The van der Waals surface area contributed by atoms with E-state index >= 15 is 0 Å². The van der Waals surface area contributed by atoms with E-state index in [0.717, 1.165) is 5.56 Å². The number of halogens is 1. The first kappa shape index (κ1) is 15.9. The lowest BCUT2D eigenvalue weighted by Gasteiger charge is -2.11. The van der Waals surface area contributed by atoms with Crippen LogP contribution in [0.5, 0.6) is 0 Å². The third kappa shape index (κ3) is 3.05. The monoisotopic (exact) mass is 327 g/mol. The van der Waals surface area contributed by atoms with E-state index in [1.165, 1.54) is 6.07 Å². The maximum Gasteiger partial charge on any atom is 0.221 e. The molecule has 0 radical (unpaired) electrons. The molecule has 0 fully saturated rings. The van der Waals surface area contributed by atoms with Crippen LogP contribution in [-0.2, 0) is 4.79 Å². The van der Waals surface area contributed by atoms with Crippen LogP contribution in [0.3, 0.4) is 0 Å². The molecule has 124 valence electrons. The number of fused-ring (bicyclic) bond motifs is 1. The summed E-state index contributed by atoms with van der Waals surface area (Å²) >= 11 is 0. The average Bonchev–Trinajstić information content (AvgIpc) is 2.96. The molecule has 0 saturated carbocycles. The van der Waals surface area contributed by atoms with Crippen molar-refractivity contribution in [3.05, 3.63) is 47.9 Å². The lowest BCUT2D eigenvalue weighted by molar-refractivity contribution is -0.120. The number of carbonyl (C=O) groups excluding carboxylic acids is 1. The number of carbonyl (C=O) groups is 1. The van der Waals surface area contributed by atoms with Crippen LogP contribution in [0.4, 0.5) is 10.2 Å². The molecule has 6 nitrogen and oxygen atoms in total. The molecular weight excluding hydrogens is 309 g/mol. The molecule has 0 bridgehead atoms. The van der Waals surface area contributed by atoms with Gasteiger partial charge in [-0.05, 0) is 19.1 Å². The van der Waals surface area contributed by atoms with Crippen LogP contribution in [0.25, 0.3) is 16.9 Å². The molecule has 7 heteroatoms. The smallest absolute Gasteiger partial charge is 0.221 e. The number of amides is 1. The van der Waals surface area contributed by atoms with E-state index in [2.05, 4.69) is 20.7 Å². The molecule has 2 heterocycles. The summed E-state index contributed by atoms with van der Waals surface area (Å²) in [7, 11) is 1.60. The molecule has 24 heavy (non-hydrogen) atoms. The Labute approximate surface area is 138 Å². The van der Waals surface area contributed by atoms with Gasteiger partial charge in [-0.25, -0.2) is 9.37 Å². The van der Waals surface area contributed by atoms with Crippen molar-refractivity contribution in [2.45, 2.75) is 13.3 Å². The Kier molecular flexibility index (Phi) is 4.41. The average molecular weight is 327 g/mol. The second-order valence-electron chi connectivity index (χ2n) is 5.42. The number of anilines is 1. The van der Waals surface area contributed by atoms with Gasteiger partial charge in [0.15, 0.2) is 5.65 Å². The van der Waals surface area contributed by atoms with E-state index in [0.29, 0.717) is 35.7 Å². The van der Waals surface area contributed by atoms with Crippen LogP contribution in [0.15, 0.2) is 36.5 Å². The standard InChI is InChI=1S/C17H18FN5O/c1-11-10-21-23-15(20-8-7-16(24)19-2)9-14(22-17(11)23)12-5-3-4-6-13(12)18/h3-6,9-10,20H,7-8H2,1-2H3,(H,19,24). The summed E-state index contributed by atoms with van der Waals surface area (Å²) in [6.45, 7) is 2.34.